The molecule has 1 aromatic heterocycles. The molecule has 1 aromatic carbocycles. The summed E-state index contributed by atoms with van der Waals surface area (Å²) in [6.45, 7) is 4.28. The van der Waals surface area contributed by atoms with E-state index in [1.807, 2.05) is 19.3 Å². The number of hydrogen-bond donors (Lipinski definition) is 1. The summed E-state index contributed by atoms with van der Waals surface area (Å²) in [4.78, 5) is 27.7. The number of amides is 1. The molecule has 2 heterocycles. The summed E-state index contributed by atoms with van der Waals surface area (Å²) in [7, 11) is 4.11. The van der Waals surface area contributed by atoms with Crippen molar-refractivity contribution in [3.05, 3.63) is 64.0 Å². The maximum Gasteiger partial charge on any atom is 0.270 e. The molecule has 8 nitrogen and oxygen atoms in total. The maximum atomic E-state index is 12.5. The van der Waals surface area contributed by atoms with Gasteiger partial charge in [0.2, 0.25) is 0 Å². The van der Waals surface area contributed by atoms with Gasteiger partial charge in [0.1, 0.15) is 0 Å². The van der Waals surface area contributed by atoms with Crippen molar-refractivity contribution < 1.29 is 9.72 Å². The third-order valence-corrected chi connectivity index (χ3v) is 5.08. The average Bonchev–Trinajstić information content (AvgIpc) is 3.09. The van der Waals surface area contributed by atoms with E-state index in [0.29, 0.717) is 12.1 Å². The maximum absolute atomic E-state index is 12.5. The summed E-state index contributed by atoms with van der Waals surface area (Å²) in [5.41, 5.74) is 1.35. The molecule has 1 fully saturated rings. The molecule has 1 aliphatic rings. The predicted molar refractivity (Wildman–Crippen MR) is 103 cm³/mol. The highest BCUT2D eigenvalue weighted by Gasteiger charge is 2.26. The van der Waals surface area contributed by atoms with Crippen LogP contribution in [-0.4, -0.2) is 65.0 Å². The topological polar surface area (TPSA) is 83.7 Å². The lowest BCUT2D eigenvalue weighted by Gasteiger charge is -2.38. The molecule has 1 saturated heterocycles. The number of nitrogens with one attached hydrogen (secondary N) is 1. The molecule has 1 N–H and O–H groups in total. The molecule has 1 unspecified atom stereocenters. The second-order valence-electron chi connectivity index (χ2n) is 6.92. The van der Waals surface area contributed by atoms with E-state index in [-0.39, 0.29) is 17.6 Å². The molecule has 1 aliphatic heterocycles. The number of piperazine rings is 1. The first kappa shape index (κ1) is 19.1. The lowest BCUT2D eigenvalue weighted by atomic mass is 10.1. The SMILES string of the molecule is CN1CCN(C(CNC(=O)c2cccc([N+](=O)[O-])c2)c2cccn2C)CC1. The molecule has 0 radical (unpaired) electrons. The smallest absolute Gasteiger partial charge is 0.270 e. The van der Waals surface area contributed by atoms with Gasteiger partial charge >= 0.3 is 0 Å². The van der Waals surface area contributed by atoms with E-state index in [4.69, 9.17) is 0 Å². The van der Waals surface area contributed by atoms with Gasteiger partial charge in [0.25, 0.3) is 11.6 Å². The molecular weight excluding hydrogens is 346 g/mol. The van der Waals surface area contributed by atoms with Crippen LogP contribution < -0.4 is 5.32 Å². The quantitative estimate of drug-likeness (QED) is 0.617. The van der Waals surface area contributed by atoms with E-state index < -0.39 is 4.92 Å². The fourth-order valence-electron chi connectivity index (χ4n) is 3.43. The second-order valence-corrected chi connectivity index (χ2v) is 6.92. The molecule has 1 amide bonds. The Morgan fingerprint density at radius 1 is 1.19 bits per heavy atom. The van der Waals surface area contributed by atoms with Crippen LogP contribution >= 0.6 is 0 Å². The molecule has 2 aromatic rings. The first-order valence-corrected chi connectivity index (χ1v) is 9.02. The molecule has 0 bridgehead atoms. The zero-order chi connectivity index (χ0) is 19.4. The highest BCUT2D eigenvalue weighted by molar-refractivity contribution is 5.94. The number of aromatic nitrogens is 1. The monoisotopic (exact) mass is 371 g/mol. The summed E-state index contributed by atoms with van der Waals surface area (Å²) < 4.78 is 2.07. The predicted octanol–water partition coefficient (Wildman–Crippen LogP) is 1.65. The van der Waals surface area contributed by atoms with Crippen LogP contribution in [-0.2, 0) is 7.05 Å². The van der Waals surface area contributed by atoms with Crippen molar-refractivity contribution in [3.8, 4) is 0 Å². The van der Waals surface area contributed by atoms with E-state index in [9.17, 15) is 14.9 Å². The van der Waals surface area contributed by atoms with Gasteiger partial charge in [-0.25, -0.2) is 0 Å². The van der Waals surface area contributed by atoms with Gasteiger partial charge in [0, 0.05) is 69.4 Å². The number of benzene rings is 1. The van der Waals surface area contributed by atoms with Gasteiger partial charge in [-0.2, -0.15) is 0 Å². The number of aryl methyl sites for hydroxylation is 1. The first-order valence-electron chi connectivity index (χ1n) is 9.02. The van der Waals surface area contributed by atoms with Crippen LogP contribution in [0, 0.1) is 10.1 Å². The van der Waals surface area contributed by atoms with E-state index in [0.717, 1.165) is 31.9 Å². The van der Waals surface area contributed by atoms with Crippen LogP contribution in [0.25, 0.3) is 0 Å². The molecule has 8 heteroatoms. The van der Waals surface area contributed by atoms with Crippen LogP contribution in [0.4, 0.5) is 5.69 Å². The summed E-state index contributed by atoms with van der Waals surface area (Å²) in [6, 6.07) is 9.94. The Hall–Kier alpha value is -2.71. The normalized spacial score (nSPS) is 16.8. The van der Waals surface area contributed by atoms with Crippen LogP contribution in [0.2, 0.25) is 0 Å². The Kier molecular flexibility index (Phi) is 5.88. The Bertz CT molecular complexity index is 811. The van der Waals surface area contributed by atoms with Crippen molar-refractivity contribution >= 4 is 11.6 Å². The van der Waals surface area contributed by atoms with E-state index in [2.05, 4.69) is 32.8 Å². The van der Waals surface area contributed by atoms with E-state index in [1.165, 1.54) is 18.2 Å². The number of hydrogen-bond acceptors (Lipinski definition) is 5. The standard InChI is InChI=1S/C19H25N5O3/c1-21-9-11-23(12-10-21)18(17-7-4-8-22(17)2)14-20-19(25)15-5-3-6-16(13-15)24(26)27/h3-8,13,18H,9-12,14H2,1-2H3,(H,20,25). The minimum absolute atomic E-state index is 0.0568. The largest absolute Gasteiger partial charge is 0.353 e. The number of carbonyl (C=O) groups is 1. The summed E-state index contributed by atoms with van der Waals surface area (Å²) in [5.74, 6) is -0.299. The van der Waals surface area contributed by atoms with Crippen LogP contribution in [0.1, 0.15) is 22.1 Å². The first-order chi connectivity index (χ1) is 13.0. The number of nitrogens with zero attached hydrogens (tertiary/aromatic N) is 4. The molecule has 27 heavy (non-hydrogen) atoms. The van der Waals surface area contributed by atoms with Crippen molar-refractivity contribution in [2.24, 2.45) is 7.05 Å². The molecule has 3 rings (SSSR count). The second kappa shape index (κ2) is 8.32. The number of nitro groups is 1. The number of non-ortho nitro benzene ring substituents is 1. The van der Waals surface area contributed by atoms with E-state index >= 15 is 0 Å². The Morgan fingerprint density at radius 3 is 2.56 bits per heavy atom. The number of nitro benzene ring substituents is 1. The van der Waals surface area contributed by atoms with Gasteiger partial charge in [-0.05, 0) is 25.2 Å². The molecular formula is C19H25N5O3. The summed E-state index contributed by atoms with van der Waals surface area (Å²) in [5, 5.41) is 13.9. The van der Waals surface area contributed by atoms with Crippen molar-refractivity contribution in [1.29, 1.82) is 0 Å². The lowest BCUT2D eigenvalue weighted by molar-refractivity contribution is -0.384. The van der Waals surface area contributed by atoms with Crippen LogP contribution in [0.15, 0.2) is 42.6 Å². The number of likely N-dealkylation sites (N-methyl/N-ethyl adjacent to an activating group) is 1. The molecule has 0 aliphatic carbocycles. The molecule has 0 saturated carbocycles. The van der Waals surface area contributed by atoms with Crippen molar-refractivity contribution in [3.63, 3.8) is 0 Å². The fourth-order valence-corrected chi connectivity index (χ4v) is 3.43. The number of rotatable bonds is 6. The van der Waals surface area contributed by atoms with Gasteiger partial charge in [0.15, 0.2) is 0 Å². The lowest BCUT2D eigenvalue weighted by Crippen LogP contribution is -2.48. The Labute approximate surface area is 158 Å². The van der Waals surface area contributed by atoms with Crippen LogP contribution in [0.5, 0.6) is 0 Å². The Morgan fingerprint density at radius 2 is 1.93 bits per heavy atom. The summed E-state index contributed by atoms with van der Waals surface area (Å²) >= 11 is 0. The van der Waals surface area contributed by atoms with Gasteiger partial charge in [-0.3, -0.25) is 19.8 Å². The van der Waals surface area contributed by atoms with E-state index in [1.54, 1.807) is 6.07 Å². The van der Waals surface area contributed by atoms with Crippen molar-refractivity contribution in [1.82, 2.24) is 19.7 Å². The third-order valence-electron chi connectivity index (χ3n) is 5.08. The molecule has 144 valence electrons. The zero-order valence-electron chi connectivity index (χ0n) is 15.7. The van der Waals surface area contributed by atoms with Crippen molar-refractivity contribution in [2.45, 2.75) is 6.04 Å². The van der Waals surface area contributed by atoms with Gasteiger partial charge in [-0.1, -0.05) is 6.07 Å². The number of carbonyl (C=O) groups excluding carboxylic acids is 1. The molecule has 0 spiro atoms. The minimum Gasteiger partial charge on any atom is -0.353 e. The highest BCUT2D eigenvalue weighted by Crippen LogP contribution is 2.22. The summed E-state index contributed by atoms with van der Waals surface area (Å²) in [6.07, 6.45) is 2.00. The fraction of sp³-hybridized carbons (Fsp3) is 0.421. The van der Waals surface area contributed by atoms with Crippen molar-refractivity contribution in [2.75, 3.05) is 39.8 Å². The van der Waals surface area contributed by atoms with Crippen LogP contribution in [0.3, 0.4) is 0 Å². The third kappa shape index (κ3) is 4.53. The Balaban J connectivity index is 1.73. The molecule has 1 atom stereocenters. The van der Waals surface area contributed by atoms with Gasteiger partial charge in [0.05, 0.1) is 11.0 Å². The van der Waals surface area contributed by atoms with Gasteiger partial charge in [-0.15, -0.1) is 0 Å². The highest BCUT2D eigenvalue weighted by atomic mass is 16.6. The average molecular weight is 371 g/mol. The zero-order valence-corrected chi connectivity index (χ0v) is 15.7. The minimum atomic E-state index is -0.492. The van der Waals surface area contributed by atoms with Gasteiger partial charge < -0.3 is 14.8 Å².